The summed E-state index contributed by atoms with van der Waals surface area (Å²) >= 11 is 0. The molecule has 4 N–H and O–H groups in total. The number of nitrogens with zero attached hydrogens (tertiary/aromatic N) is 1. The summed E-state index contributed by atoms with van der Waals surface area (Å²) in [6.07, 6.45) is 23.7. The Morgan fingerprint density at radius 2 is 1.54 bits per heavy atom. The predicted molar refractivity (Wildman–Crippen MR) is 115 cm³/mol. The quantitative estimate of drug-likeness (QED) is 0.145. The Hall–Kier alpha value is -0.870. The minimum absolute atomic E-state index is 0.553. The lowest BCUT2D eigenvalue weighted by atomic mass is 10.1. The van der Waals surface area contributed by atoms with Crippen LogP contribution in [0.2, 0.25) is 0 Å². The second-order valence-electron chi connectivity index (χ2n) is 7.58. The molecular weight excluding hydrogens is 320 g/mol. The maximum absolute atomic E-state index is 5.52. The van der Waals surface area contributed by atoms with Crippen LogP contribution in [0.5, 0.6) is 0 Å². The molecule has 4 heteroatoms. The van der Waals surface area contributed by atoms with E-state index < -0.39 is 0 Å². The molecule has 152 valence electrons. The summed E-state index contributed by atoms with van der Waals surface area (Å²) in [7, 11) is 0. The van der Waals surface area contributed by atoms with E-state index in [0.29, 0.717) is 6.67 Å². The lowest BCUT2D eigenvalue weighted by Crippen LogP contribution is -2.33. The number of nitrogens with two attached hydrogens (primary N) is 1. The van der Waals surface area contributed by atoms with Crippen LogP contribution in [0.1, 0.15) is 96.8 Å². The predicted octanol–water partition coefficient (Wildman–Crippen LogP) is 4.50. The molecule has 0 aliphatic carbocycles. The van der Waals surface area contributed by atoms with Crippen LogP contribution < -0.4 is 16.4 Å². The van der Waals surface area contributed by atoms with Gasteiger partial charge >= 0.3 is 0 Å². The van der Waals surface area contributed by atoms with Crippen LogP contribution in [0.4, 0.5) is 0 Å². The highest BCUT2D eigenvalue weighted by atomic mass is 15.2. The Bertz CT molecular complexity index is 376. The van der Waals surface area contributed by atoms with Crippen LogP contribution in [0.15, 0.2) is 12.2 Å². The van der Waals surface area contributed by atoms with Crippen LogP contribution in [-0.4, -0.2) is 36.8 Å². The van der Waals surface area contributed by atoms with Gasteiger partial charge in [-0.15, -0.1) is 0 Å². The smallest absolute Gasteiger partial charge is 0.245 e. The zero-order valence-corrected chi connectivity index (χ0v) is 17.4. The normalized spacial score (nSPS) is 14.5. The Kier molecular flexibility index (Phi) is 15.6. The van der Waals surface area contributed by atoms with E-state index in [0.717, 1.165) is 19.8 Å². The topological polar surface area (TPSA) is 53.1 Å². The van der Waals surface area contributed by atoms with Gasteiger partial charge in [0.2, 0.25) is 5.84 Å². The fraction of sp³-hybridized carbons (Fsp3) is 0.864. The first-order chi connectivity index (χ1) is 12.9. The summed E-state index contributed by atoms with van der Waals surface area (Å²) in [5.74, 6) is 1.41. The number of unbranched alkanes of at least 4 members (excludes halogenated alkanes) is 11. The van der Waals surface area contributed by atoms with Gasteiger partial charge in [-0.1, -0.05) is 70.4 Å². The molecule has 0 radical (unpaired) electrons. The summed E-state index contributed by atoms with van der Waals surface area (Å²) in [5, 5.41) is 6.73. The van der Waals surface area contributed by atoms with E-state index in [1.807, 2.05) is 0 Å². The molecule has 0 bridgehead atoms. The summed E-state index contributed by atoms with van der Waals surface area (Å²) in [5.41, 5.74) is 5.52. The molecule has 0 unspecified atom stereocenters. The molecule has 26 heavy (non-hydrogen) atoms. The molecule has 4 nitrogen and oxygen atoms in total. The number of nitrogens with one attached hydrogen (secondary N) is 2. The molecule has 0 saturated heterocycles. The molecule has 1 aliphatic heterocycles. The van der Waals surface area contributed by atoms with Gasteiger partial charge in [-0.25, -0.2) is 4.58 Å². The van der Waals surface area contributed by atoms with Gasteiger partial charge in [0, 0.05) is 13.1 Å². The Morgan fingerprint density at radius 1 is 0.923 bits per heavy atom. The molecule has 1 heterocycles. The lowest BCUT2D eigenvalue weighted by molar-refractivity contribution is -0.524. The van der Waals surface area contributed by atoms with Crippen LogP contribution in [0.3, 0.4) is 0 Å². The van der Waals surface area contributed by atoms with Gasteiger partial charge in [0.15, 0.2) is 0 Å². The fourth-order valence-corrected chi connectivity index (χ4v) is 3.57. The molecule has 0 aromatic heterocycles. The highest BCUT2D eigenvalue weighted by molar-refractivity contribution is 5.78. The van der Waals surface area contributed by atoms with Crippen molar-refractivity contribution < 1.29 is 4.58 Å². The van der Waals surface area contributed by atoms with Gasteiger partial charge in [0.05, 0.1) is 0 Å². The Morgan fingerprint density at radius 3 is 2.19 bits per heavy atom. The minimum atomic E-state index is 0.553. The molecule has 0 amide bonds. The standard InChI is InChI=1S/C22H44N4/c1-2-3-4-5-6-7-8-9-10-11-12-13-14-15-16-17-22-25-18-19-26(22)21-24-20-23/h9-10,24H,2-8,11-21,23H2,1H3/p+1. The molecule has 1 aliphatic rings. The van der Waals surface area contributed by atoms with E-state index in [-0.39, 0.29) is 0 Å². The number of rotatable bonds is 18. The fourth-order valence-electron chi connectivity index (χ4n) is 3.57. The van der Waals surface area contributed by atoms with Crippen molar-refractivity contribution in [1.29, 1.82) is 0 Å². The molecule has 0 aromatic carbocycles. The van der Waals surface area contributed by atoms with Gasteiger partial charge in [0.1, 0.15) is 19.8 Å². The Labute approximate surface area is 162 Å². The van der Waals surface area contributed by atoms with Crippen molar-refractivity contribution in [3.8, 4) is 0 Å². The van der Waals surface area contributed by atoms with E-state index in [9.17, 15) is 0 Å². The highest BCUT2D eigenvalue weighted by Gasteiger charge is 2.19. The molecule has 0 fully saturated rings. The molecule has 0 saturated carbocycles. The van der Waals surface area contributed by atoms with Crippen molar-refractivity contribution in [3.63, 3.8) is 0 Å². The third-order valence-electron chi connectivity index (χ3n) is 5.21. The first kappa shape index (κ1) is 23.2. The van der Waals surface area contributed by atoms with Crippen LogP contribution in [0, 0.1) is 0 Å². The third kappa shape index (κ3) is 12.5. The average molecular weight is 366 g/mol. The first-order valence-corrected chi connectivity index (χ1v) is 11.3. The zero-order chi connectivity index (χ0) is 18.7. The maximum Gasteiger partial charge on any atom is 0.245 e. The maximum atomic E-state index is 5.52. The van der Waals surface area contributed by atoms with E-state index in [2.05, 4.69) is 34.3 Å². The summed E-state index contributed by atoms with van der Waals surface area (Å²) in [6, 6.07) is 0. The van der Waals surface area contributed by atoms with Crippen molar-refractivity contribution >= 4 is 5.84 Å². The van der Waals surface area contributed by atoms with Crippen molar-refractivity contribution in [1.82, 2.24) is 10.6 Å². The van der Waals surface area contributed by atoms with Crippen molar-refractivity contribution in [2.45, 2.75) is 96.8 Å². The SMILES string of the molecule is CCCCCCCCC=CCCCCCCCC1=[N+](CNCN)CCN1. The number of hydrogen-bond acceptors (Lipinski definition) is 3. The van der Waals surface area contributed by atoms with E-state index in [1.165, 1.54) is 95.7 Å². The first-order valence-electron chi connectivity index (χ1n) is 11.3. The molecule has 0 atom stereocenters. The van der Waals surface area contributed by atoms with Gasteiger partial charge in [-0.05, 0) is 32.1 Å². The minimum Gasteiger partial charge on any atom is -0.318 e. The third-order valence-corrected chi connectivity index (χ3v) is 5.21. The van der Waals surface area contributed by atoms with Gasteiger partial charge in [-0.2, -0.15) is 0 Å². The average Bonchev–Trinajstić information content (AvgIpc) is 3.10. The van der Waals surface area contributed by atoms with Crippen LogP contribution in [0.25, 0.3) is 0 Å². The highest BCUT2D eigenvalue weighted by Crippen LogP contribution is 2.10. The zero-order valence-electron chi connectivity index (χ0n) is 17.4. The van der Waals surface area contributed by atoms with Gasteiger partial charge in [-0.3, -0.25) is 10.6 Å². The second-order valence-corrected chi connectivity index (χ2v) is 7.58. The van der Waals surface area contributed by atoms with E-state index >= 15 is 0 Å². The molecule has 0 spiro atoms. The second kappa shape index (κ2) is 17.5. The van der Waals surface area contributed by atoms with Crippen molar-refractivity contribution in [2.75, 3.05) is 26.4 Å². The Balaban J connectivity index is 1.86. The van der Waals surface area contributed by atoms with Gasteiger partial charge < -0.3 is 5.73 Å². The monoisotopic (exact) mass is 365 g/mol. The largest absolute Gasteiger partial charge is 0.318 e. The van der Waals surface area contributed by atoms with E-state index in [1.54, 1.807) is 0 Å². The molecular formula is C22H45N4+. The van der Waals surface area contributed by atoms with Crippen molar-refractivity contribution in [3.05, 3.63) is 12.2 Å². The lowest BCUT2D eigenvalue weighted by Gasteiger charge is -2.04. The van der Waals surface area contributed by atoms with Crippen molar-refractivity contribution in [2.24, 2.45) is 5.73 Å². The van der Waals surface area contributed by atoms with Crippen LogP contribution in [-0.2, 0) is 0 Å². The van der Waals surface area contributed by atoms with Gasteiger partial charge in [0.25, 0.3) is 0 Å². The summed E-state index contributed by atoms with van der Waals surface area (Å²) in [6.45, 7) is 5.89. The number of hydrogen-bond donors (Lipinski definition) is 3. The molecule has 0 aromatic rings. The summed E-state index contributed by atoms with van der Waals surface area (Å²) in [4.78, 5) is 0. The number of allylic oxidation sites excluding steroid dienone is 2. The van der Waals surface area contributed by atoms with E-state index in [4.69, 9.17) is 5.73 Å². The molecule has 1 rings (SSSR count). The van der Waals surface area contributed by atoms with Crippen LogP contribution >= 0.6 is 0 Å². The number of amidine groups is 1. The summed E-state index contributed by atoms with van der Waals surface area (Å²) < 4.78 is 2.39.